The predicted octanol–water partition coefficient (Wildman–Crippen LogP) is 5.98. The minimum Gasteiger partial charge on any atom is -0.437 e. The minimum atomic E-state index is -0.591. The Balaban J connectivity index is 2.52. The molecule has 0 radical (unpaired) electrons. The second-order valence-corrected chi connectivity index (χ2v) is 6.24. The van der Waals surface area contributed by atoms with E-state index in [0.29, 0.717) is 5.92 Å². The van der Waals surface area contributed by atoms with Gasteiger partial charge in [0.25, 0.3) is 0 Å². The topological polar surface area (TPSA) is 35.5 Å². The van der Waals surface area contributed by atoms with E-state index in [1.807, 2.05) is 0 Å². The molecule has 3 heteroatoms. The predicted molar refractivity (Wildman–Crippen MR) is 86.1 cm³/mol. The molecule has 21 heavy (non-hydrogen) atoms. The SMILES string of the molecule is COC(=O)O/C1=C\C(C)CCCCCCCCCCCC1. The summed E-state index contributed by atoms with van der Waals surface area (Å²) in [4.78, 5) is 11.3. The van der Waals surface area contributed by atoms with E-state index in [1.165, 1.54) is 71.3 Å². The first-order valence-electron chi connectivity index (χ1n) is 8.69. The Bertz CT molecular complexity index is 310. The Morgan fingerprint density at radius 1 is 0.952 bits per heavy atom. The van der Waals surface area contributed by atoms with Crippen molar-refractivity contribution in [2.75, 3.05) is 7.11 Å². The van der Waals surface area contributed by atoms with Crippen LogP contribution in [0.1, 0.15) is 84.0 Å². The molecule has 1 unspecified atom stereocenters. The molecule has 0 aromatic rings. The Labute approximate surface area is 130 Å². The van der Waals surface area contributed by atoms with Gasteiger partial charge in [0.1, 0.15) is 5.76 Å². The van der Waals surface area contributed by atoms with E-state index in [0.717, 1.165) is 18.6 Å². The van der Waals surface area contributed by atoms with Crippen molar-refractivity contribution in [3.63, 3.8) is 0 Å². The standard InChI is InChI=1S/C18H32O3/c1-16-13-11-9-7-5-3-4-6-8-10-12-14-17(15-16)21-18(19)20-2/h15-16H,3-14H2,1-2H3/b17-15-. The van der Waals surface area contributed by atoms with Gasteiger partial charge in [-0.1, -0.05) is 64.7 Å². The van der Waals surface area contributed by atoms with E-state index in [9.17, 15) is 4.79 Å². The maximum atomic E-state index is 11.3. The summed E-state index contributed by atoms with van der Waals surface area (Å²) in [6.45, 7) is 2.21. The van der Waals surface area contributed by atoms with Crippen molar-refractivity contribution >= 4 is 6.16 Å². The maximum absolute atomic E-state index is 11.3. The van der Waals surface area contributed by atoms with Crippen LogP contribution in [0.15, 0.2) is 11.8 Å². The zero-order valence-corrected chi connectivity index (χ0v) is 13.9. The van der Waals surface area contributed by atoms with E-state index in [-0.39, 0.29) is 0 Å². The normalized spacial score (nSPS) is 25.8. The largest absolute Gasteiger partial charge is 0.513 e. The lowest BCUT2D eigenvalue weighted by Crippen LogP contribution is -2.06. The molecule has 0 aliphatic heterocycles. The number of hydrogen-bond donors (Lipinski definition) is 0. The van der Waals surface area contributed by atoms with E-state index in [4.69, 9.17) is 4.74 Å². The van der Waals surface area contributed by atoms with Crippen molar-refractivity contribution in [2.45, 2.75) is 84.0 Å². The Morgan fingerprint density at radius 3 is 2.05 bits per heavy atom. The fraction of sp³-hybridized carbons (Fsp3) is 0.833. The molecule has 122 valence electrons. The molecule has 1 atom stereocenters. The van der Waals surface area contributed by atoms with Crippen molar-refractivity contribution < 1.29 is 14.3 Å². The zero-order chi connectivity index (χ0) is 15.3. The monoisotopic (exact) mass is 296 g/mol. The van der Waals surface area contributed by atoms with Crippen molar-refractivity contribution in [3.8, 4) is 0 Å². The average Bonchev–Trinajstić information content (AvgIpc) is 2.47. The minimum absolute atomic E-state index is 0.467. The quantitative estimate of drug-likeness (QED) is 0.558. The van der Waals surface area contributed by atoms with Crippen LogP contribution in [0.4, 0.5) is 4.79 Å². The van der Waals surface area contributed by atoms with Crippen LogP contribution in [-0.4, -0.2) is 13.3 Å². The second kappa shape index (κ2) is 11.6. The molecule has 0 aromatic carbocycles. The van der Waals surface area contributed by atoms with Crippen LogP contribution in [0.25, 0.3) is 0 Å². The van der Waals surface area contributed by atoms with Crippen molar-refractivity contribution in [2.24, 2.45) is 5.92 Å². The molecule has 0 aromatic heterocycles. The van der Waals surface area contributed by atoms with Crippen molar-refractivity contribution in [3.05, 3.63) is 11.8 Å². The van der Waals surface area contributed by atoms with Gasteiger partial charge in [0.15, 0.2) is 0 Å². The lowest BCUT2D eigenvalue weighted by Gasteiger charge is -2.11. The number of ether oxygens (including phenoxy) is 2. The molecule has 0 N–H and O–H groups in total. The summed E-state index contributed by atoms with van der Waals surface area (Å²) >= 11 is 0. The van der Waals surface area contributed by atoms with Crippen LogP contribution in [-0.2, 0) is 9.47 Å². The third-order valence-corrected chi connectivity index (χ3v) is 4.18. The highest BCUT2D eigenvalue weighted by atomic mass is 16.7. The van der Waals surface area contributed by atoms with Crippen molar-refractivity contribution in [1.29, 1.82) is 0 Å². The second-order valence-electron chi connectivity index (χ2n) is 6.24. The van der Waals surface area contributed by atoms with E-state index < -0.39 is 6.16 Å². The van der Waals surface area contributed by atoms with Crippen LogP contribution in [0, 0.1) is 5.92 Å². The highest BCUT2D eigenvalue weighted by Crippen LogP contribution is 2.20. The number of methoxy groups -OCH3 is 1. The van der Waals surface area contributed by atoms with Gasteiger partial charge in [-0.3, -0.25) is 0 Å². The lowest BCUT2D eigenvalue weighted by molar-refractivity contribution is 0.0938. The smallest absolute Gasteiger partial charge is 0.437 e. The van der Waals surface area contributed by atoms with Gasteiger partial charge < -0.3 is 9.47 Å². The summed E-state index contributed by atoms with van der Waals surface area (Å²) < 4.78 is 9.91. The zero-order valence-electron chi connectivity index (χ0n) is 13.9. The van der Waals surface area contributed by atoms with Gasteiger partial charge in [-0.05, 0) is 24.8 Å². The van der Waals surface area contributed by atoms with Crippen LogP contribution in [0.2, 0.25) is 0 Å². The van der Waals surface area contributed by atoms with Crippen LogP contribution >= 0.6 is 0 Å². The molecular weight excluding hydrogens is 264 g/mol. The molecular formula is C18H32O3. The first-order valence-corrected chi connectivity index (χ1v) is 8.69. The van der Waals surface area contributed by atoms with Crippen LogP contribution in [0.3, 0.4) is 0 Å². The molecule has 0 saturated carbocycles. The summed E-state index contributed by atoms with van der Waals surface area (Å²) in [7, 11) is 1.36. The fourth-order valence-corrected chi connectivity index (χ4v) is 2.90. The average molecular weight is 296 g/mol. The van der Waals surface area contributed by atoms with Crippen molar-refractivity contribution in [1.82, 2.24) is 0 Å². The highest BCUT2D eigenvalue weighted by Gasteiger charge is 2.09. The van der Waals surface area contributed by atoms with E-state index in [1.54, 1.807) is 0 Å². The molecule has 0 heterocycles. The Morgan fingerprint density at radius 2 is 1.48 bits per heavy atom. The third kappa shape index (κ3) is 9.54. The van der Waals surface area contributed by atoms with Gasteiger partial charge in [-0.15, -0.1) is 0 Å². The van der Waals surface area contributed by atoms with Gasteiger partial charge in [0, 0.05) is 6.42 Å². The number of allylic oxidation sites excluding steroid dienone is 2. The summed E-state index contributed by atoms with van der Waals surface area (Å²) in [5.74, 6) is 1.26. The first kappa shape index (κ1) is 18.1. The molecule has 1 aliphatic rings. The van der Waals surface area contributed by atoms with Crippen LogP contribution in [0.5, 0.6) is 0 Å². The Kier molecular flexibility index (Phi) is 10.0. The summed E-state index contributed by atoms with van der Waals surface area (Å²) in [6.07, 6.45) is 16.6. The molecule has 0 fully saturated rings. The number of hydrogen-bond acceptors (Lipinski definition) is 3. The van der Waals surface area contributed by atoms with Gasteiger partial charge >= 0.3 is 6.16 Å². The van der Waals surface area contributed by atoms with Gasteiger partial charge in [-0.25, -0.2) is 4.79 Å². The van der Waals surface area contributed by atoms with E-state index >= 15 is 0 Å². The van der Waals surface area contributed by atoms with Crippen LogP contribution < -0.4 is 0 Å². The van der Waals surface area contributed by atoms with Gasteiger partial charge in [-0.2, -0.15) is 0 Å². The number of carbonyl (C=O) groups excluding carboxylic acids is 1. The maximum Gasteiger partial charge on any atom is 0.513 e. The van der Waals surface area contributed by atoms with E-state index in [2.05, 4.69) is 17.7 Å². The molecule has 0 spiro atoms. The molecule has 1 rings (SSSR count). The fourth-order valence-electron chi connectivity index (χ4n) is 2.90. The molecule has 0 saturated heterocycles. The summed E-state index contributed by atoms with van der Waals surface area (Å²) in [5.41, 5.74) is 0. The highest BCUT2D eigenvalue weighted by molar-refractivity contribution is 5.61. The molecule has 0 amide bonds. The molecule has 3 nitrogen and oxygen atoms in total. The van der Waals surface area contributed by atoms with Gasteiger partial charge in [0.05, 0.1) is 7.11 Å². The molecule has 1 aliphatic carbocycles. The lowest BCUT2D eigenvalue weighted by atomic mass is 10.0. The molecule has 0 bridgehead atoms. The summed E-state index contributed by atoms with van der Waals surface area (Å²) in [5, 5.41) is 0. The first-order chi connectivity index (χ1) is 10.2. The summed E-state index contributed by atoms with van der Waals surface area (Å²) in [6, 6.07) is 0. The number of rotatable bonds is 1. The number of carbonyl (C=O) groups is 1. The van der Waals surface area contributed by atoms with Gasteiger partial charge in [0.2, 0.25) is 0 Å². The Hall–Kier alpha value is -0.990. The third-order valence-electron chi connectivity index (χ3n) is 4.18.